The third kappa shape index (κ3) is 3.46. The van der Waals surface area contributed by atoms with Gasteiger partial charge in [-0.15, -0.1) is 0 Å². The van der Waals surface area contributed by atoms with Crippen molar-refractivity contribution in [3.8, 4) is 5.75 Å². The molecule has 2 rings (SSSR count). The molecule has 1 aliphatic rings. The largest absolute Gasteiger partial charge is 0.496 e. The predicted molar refractivity (Wildman–Crippen MR) is 77.7 cm³/mol. The highest BCUT2D eigenvalue weighted by Crippen LogP contribution is 2.28. The van der Waals surface area contributed by atoms with Crippen LogP contribution in [0.3, 0.4) is 0 Å². The summed E-state index contributed by atoms with van der Waals surface area (Å²) in [5.41, 5.74) is 4.84. The summed E-state index contributed by atoms with van der Waals surface area (Å²) >= 11 is 3.53. The number of hydrazine groups is 1. The van der Waals surface area contributed by atoms with Crippen LogP contribution in [0, 0.1) is 0 Å². The number of nitrogens with one attached hydrogen (secondary N) is 1. The molecule has 1 unspecified atom stereocenters. The van der Waals surface area contributed by atoms with E-state index in [4.69, 9.17) is 4.74 Å². The normalized spacial score (nSPS) is 18.6. The van der Waals surface area contributed by atoms with Crippen molar-refractivity contribution in [2.45, 2.75) is 32.2 Å². The number of methoxy groups -OCH3 is 1. The van der Waals surface area contributed by atoms with Gasteiger partial charge in [-0.3, -0.25) is 0 Å². The third-order valence-corrected chi connectivity index (χ3v) is 4.03. The van der Waals surface area contributed by atoms with E-state index >= 15 is 0 Å². The molecule has 18 heavy (non-hydrogen) atoms. The monoisotopic (exact) mass is 312 g/mol. The van der Waals surface area contributed by atoms with E-state index in [9.17, 15) is 0 Å². The van der Waals surface area contributed by atoms with Gasteiger partial charge in [0.2, 0.25) is 0 Å². The zero-order valence-electron chi connectivity index (χ0n) is 11.1. The number of hydrogen-bond donors (Lipinski definition) is 1. The van der Waals surface area contributed by atoms with Gasteiger partial charge in [0.05, 0.1) is 11.6 Å². The summed E-state index contributed by atoms with van der Waals surface area (Å²) in [6.07, 6.45) is 3.96. The Morgan fingerprint density at radius 2 is 2.00 bits per heavy atom. The summed E-state index contributed by atoms with van der Waals surface area (Å²) in [5.74, 6) is 0.879. The minimum atomic E-state index is 0.324. The first-order valence-corrected chi connectivity index (χ1v) is 7.34. The van der Waals surface area contributed by atoms with Gasteiger partial charge in [0, 0.05) is 19.1 Å². The van der Waals surface area contributed by atoms with E-state index in [2.05, 4.69) is 45.4 Å². The average Bonchev–Trinajstić information content (AvgIpc) is 2.39. The number of halogens is 1. The number of rotatable bonds is 4. The zero-order chi connectivity index (χ0) is 13.0. The molecule has 0 amide bonds. The second kappa shape index (κ2) is 6.55. The van der Waals surface area contributed by atoms with Gasteiger partial charge in [-0.05, 0) is 53.4 Å². The van der Waals surface area contributed by atoms with E-state index in [0.717, 1.165) is 23.3 Å². The van der Waals surface area contributed by atoms with E-state index < -0.39 is 0 Å². The number of benzene rings is 1. The van der Waals surface area contributed by atoms with Crippen LogP contribution in [-0.2, 0) is 0 Å². The van der Waals surface area contributed by atoms with Crippen LogP contribution in [0.25, 0.3) is 0 Å². The summed E-state index contributed by atoms with van der Waals surface area (Å²) in [4.78, 5) is 0. The molecule has 3 nitrogen and oxygen atoms in total. The fraction of sp³-hybridized carbons (Fsp3) is 0.571. The summed E-state index contributed by atoms with van der Waals surface area (Å²) in [7, 11) is 1.69. The Balaban J connectivity index is 1.99. The fourth-order valence-corrected chi connectivity index (χ4v) is 2.88. The molecule has 1 heterocycles. The molecule has 1 atom stereocenters. The highest BCUT2D eigenvalue weighted by molar-refractivity contribution is 9.10. The molecule has 0 radical (unpaired) electrons. The summed E-state index contributed by atoms with van der Waals surface area (Å²) in [6, 6.07) is 6.57. The zero-order valence-corrected chi connectivity index (χ0v) is 12.7. The molecule has 1 N–H and O–H groups in total. The van der Waals surface area contributed by atoms with Crippen molar-refractivity contribution < 1.29 is 4.74 Å². The topological polar surface area (TPSA) is 24.5 Å². The second-order valence-electron chi connectivity index (χ2n) is 4.79. The number of hydrogen-bond acceptors (Lipinski definition) is 3. The lowest BCUT2D eigenvalue weighted by molar-refractivity contribution is 0.133. The number of nitrogens with zero attached hydrogens (tertiary/aromatic N) is 1. The van der Waals surface area contributed by atoms with Gasteiger partial charge in [-0.2, -0.15) is 0 Å². The molecule has 100 valence electrons. The molecule has 0 aromatic heterocycles. The van der Waals surface area contributed by atoms with Gasteiger partial charge in [0.25, 0.3) is 0 Å². The maximum absolute atomic E-state index is 5.25. The van der Waals surface area contributed by atoms with Crippen LogP contribution >= 0.6 is 15.9 Å². The predicted octanol–water partition coefficient (Wildman–Crippen LogP) is 3.51. The lowest BCUT2D eigenvalue weighted by Crippen LogP contribution is -2.42. The van der Waals surface area contributed by atoms with Crippen molar-refractivity contribution in [2.75, 3.05) is 20.2 Å². The lowest BCUT2D eigenvalue weighted by Gasteiger charge is -2.30. The molecule has 1 aliphatic heterocycles. The molecule has 1 aromatic carbocycles. The molecular weight excluding hydrogens is 292 g/mol. The van der Waals surface area contributed by atoms with Gasteiger partial charge < -0.3 is 4.74 Å². The van der Waals surface area contributed by atoms with Gasteiger partial charge >= 0.3 is 0 Å². The molecule has 0 bridgehead atoms. The molecule has 1 aromatic rings. The van der Waals surface area contributed by atoms with Crippen LogP contribution in [0.5, 0.6) is 5.75 Å². The van der Waals surface area contributed by atoms with E-state index in [0.29, 0.717) is 6.04 Å². The van der Waals surface area contributed by atoms with E-state index in [1.807, 2.05) is 6.07 Å². The maximum atomic E-state index is 5.25. The van der Waals surface area contributed by atoms with Crippen LogP contribution in [0.15, 0.2) is 22.7 Å². The minimum Gasteiger partial charge on any atom is -0.496 e. The first-order chi connectivity index (χ1) is 8.70. The molecule has 0 saturated carbocycles. The van der Waals surface area contributed by atoms with Crippen molar-refractivity contribution in [3.05, 3.63) is 28.2 Å². The van der Waals surface area contributed by atoms with E-state index in [-0.39, 0.29) is 0 Å². The van der Waals surface area contributed by atoms with Crippen molar-refractivity contribution in [2.24, 2.45) is 0 Å². The molecular formula is C14H21BrN2O. The standard InChI is InChI=1S/C14H21BrN2O/c1-11(16-17-8-4-3-5-9-17)12-6-7-14(18-2)13(15)10-12/h6-7,10-11,16H,3-5,8-9H2,1-2H3. The fourth-order valence-electron chi connectivity index (χ4n) is 2.32. The van der Waals surface area contributed by atoms with Crippen LogP contribution in [0.4, 0.5) is 0 Å². The summed E-state index contributed by atoms with van der Waals surface area (Å²) < 4.78 is 6.26. The Morgan fingerprint density at radius 3 is 2.61 bits per heavy atom. The molecule has 1 saturated heterocycles. The van der Waals surface area contributed by atoms with Crippen LogP contribution < -0.4 is 10.2 Å². The van der Waals surface area contributed by atoms with Gasteiger partial charge in [0.1, 0.15) is 5.75 Å². The van der Waals surface area contributed by atoms with E-state index in [1.54, 1.807) is 7.11 Å². The number of ether oxygens (including phenoxy) is 1. The van der Waals surface area contributed by atoms with Crippen LogP contribution in [0.2, 0.25) is 0 Å². The minimum absolute atomic E-state index is 0.324. The Hall–Kier alpha value is -0.580. The number of piperidine rings is 1. The van der Waals surface area contributed by atoms with Gasteiger partial charge in [-0.1, -0.05) is 12.5 Å². The quantitative estimate of drug-likeness (QED) is 0.920. The highest BCUT2D eigenvalue weighted by atomic mass is 79.9. The molecule has 1 fully saturated rings. The van der Waals surface area contributed by atoms with Gasteiger partial charge in [-0.25, -0.2) is 10.4 Å². The average molecular weight is 313 g/mol. The molecule has 0 aliphatic carbocycles. The SMILES string of the molecule is COc1ccc(C(C)NN2CCCCC2)cc1Br. The van der Waals surface area contributed by atoms with Crippen LogP contribution in [0.1, 0.15) is 37.8 Å². The van der Waals surface area contributed by atoms with Crippen molar-refractivity contribution in [1.82, 2.24) is 10.4 Å². The molecule has 4 heteroatoms. The lowest BCUT2D eigenvalue weighted by atomic mass is 10.1. The van der Waals surface area contributed by atoms with Crippen molar-refractivity contribution >= 4 is 15.9 Å². The molecule has 0 spiro atoms. The maximum Gasteiger partial charge on any atom is 0.133 e. The Bertz CT molecular complexity index is 391. The van der Waals surface area contributed by atoms with Gasteiger partial charge in [0.15, 0.2) is 0 Å². The van der Waals surface area contributed by atoms with E-state index in [1.165, 1.54) is 24.8 Å². The van der Waals surface area contributed by atoms with Crippen molar-refractivity contribution in [3.63, 3.8) is 0 Å². The van der Waals surface area contributed by atoms with Crippen molar-refractivity contribution in [1.29, 1.82) is 0 Å². The van der Waals surface area contributed by atoms with Crippen LogP contribution in [-0.4, -0.2) is 25.2 Å². The summed E-state index contributed by atoms with van der Waals surface area (Å²) in [6.45, 7) is 4.51. The third-order valence-electron chi connectivity index (χ3n) is 3.41. The summed E-state index contributed by atoms with van der Waals surface area (Å²) in [5, 5.41) is 2.34. The smallest absolute Gasteiger partial charge is 0.133 e. The highest BCUT2D eigenvalue weighted by Gasteiger charge is 2.14. The Morgan fingerprint density at radius 1 is 1.28 bits per heavy atom. The second-order valence-corrected chi connectivity index (χ2v) is 5.65. The Labute approximate surface area is 118 Å². The Kier molecular flexibility index (Phi) is 5.03. The first-order valence-electron chi connectivity index (χ1n) is 6.55. The first kappa shape index (κ1) is 13.8.